The Labute approximate surface area is 120 Å². The lowest BCUT2D eigenvalue weighted by molar-refractivity contribution is 0.571. The molecule has 0 saturated carbocycles. The predicted octanol–water partition coefficient (Wildman–Crippen LogP) is 2.78. The Morgan fingerprint density at radius 3 is 2.58 bits per heavy atom. The average molecular weight is 305 g/mol. The first-order chi connectivity index (χ1) is 8.80. The van der Waals surface area contributed by atoms with Crippen LogP contribution in [0.25, 0.3) is 0 Å². The molecule has 108 valence electrons. The summed E-state index contributed by atoms with van der Waals surface area (Å²) in [5.41, 5.74) is 1.43. The number of nitrogens with one attached hydrogen (secondary N) is 2. The fourth-order valence-electron chi connectivity index (χ4n) is 1.57. The molecule has 0 atom stereocenters. The van der Waals surface area contributed by atoms with E-state index < -0.39 is 10.0 Å². The topological polar surface area (TPSA) is 58.2 Å². The van der Waals surface area contributed by atoms with E-state index in [0.29, 0.717) is 29.7 Å². The lowest BCUT2D eigenvalue weighted by Crippen LogP contribution is -2.26. The smallest absolute Gasteiger partial charge is 0.232 e. The molecule has 0 saturated heterocycles. The largest absolute Gasteiger partial charge is 0.314 e. The number of benzene rings is 1. The highest BCUT2D eigenvalue weighted by Gasteiger charge is 2.12. The lowest BCUT2D eigenvalue weighted by atomic mass is 10.2. The van der Waals surface area contributed by atoms with E-state index in [4.69, 9.17) is 11.6 Å². The number of hydrogen-bond acceptors (Lipinski definition) is 3. The van der Waals surface area contributed by atoms with Gasteiger partial charge in [-0.1, -0.05) is 31.5 Å². The minimum Gasteiger partial charge on any atom is -0.314 e. The molecule has 0 bridgehead atoms. The fourth-order valence-corrected chi connectivity index (χ4v) is 3.05. The summed E-state index contributed by atoms with van der Waals surface area (Å²) < 4.78 is 26.3. The summed E-state index contributed by atoms with van der Waals surface area (Å²) in [4.78, 5) is 0. The van der Waals surface area contributed by atoms with Crippen LogP contribution in [-0.4, -0.2) is 26.8 Å². The van der Waals surface area contributed by atoms with Gasteiger partial charge in [0.25, 0.3) is 0 Å². The molecule has 0 fully saturated rings. The molecule has 6 heteroatoms. The van der Waals surface area contributed by atoms with Gasteiger partial charge < -0.3 is 5.32 Å². The van der Waals surface area contributed by atoms with Gasteiger partial charge >= 0.3 is 0 Å². The molecule has 1 aromatic carbocycles. The monoisotopic (exact) mass is 304 g/mol. The van der Waals surface area contributed by atoms with Gasteiger partial charge in [-0.3, -0.25) is 4.72 Å². The van der Waals surface area contributed by atoms with Crippen molar-refractivity contribution in [3.05, 3.63) is 28.8 Å². The Bertz CT molecular complexity index is 515. The lowest BCUT2D eigenvalue weighted by Gasteiger charge is -2.11. The van der Waals surface area contributed by atoms with Gasteiger partial charge in [0.15, 0.2) is 0 Å². The number of anilines is 1. The highest BCUT2D eigenvalue weighted by molar-refractivity contribution is 7.92. The number of hydrogen-bond donors (Lipinski definition) is 2. The Balaban J connectivity index is 2.54. The van der Waals surface area contributed by atoms with Gasteiger partial charge in [0.05, 0.1) is 16.5 Å². The molecule has 0 aliphatic carbocycles. The number of aryl methyl sites for hydroxylation is 1. The van der Waals surface area contributed by atoms with Crippen molar-refractivity contribution in [2.75, 3.05) is 17.0 Å². The minimum absolute atomic E-state index is 0.0803. The van der Waals surface area contributed by atoms with Crippen molar-refractivity contribution in [1.82, 2.24) is 5.32 Å². The summed E-state index contributed by atoms with van der Waals surface area (Å²) in [6, 6.07) is 5.60. The van der Waals surface area contributed by atoms with Crippen LogP contribution >= 0.6 is 11.6 Å². The van der Waals surface area contributed by atoms with Crippen LogP contribution in [0, 0.1) is 6.92 Å². The summed E-state index contributed by atoms with van der Waals surface area (Å²) in [5.74, 6) is 0.0803. The van der Waals surface area contributed by atoms with Crippen molar-refractivity contribution in [1.29, 1.82) is 0 Å². The van der Waals surface area contributed by atoms with Gasteiger partial charge in [0, 0.05) is 6.04 Å². The first-order valence-electron chi connectivity index (χ1n) is 6.30. The van der Waals surface area contributed by atoms with Gasteiger partial charge in [0.2, 0.25) is 10.0 Å². The van der Waals surface area contributed by atoms with Crippen molar-refractivity contribution < 1.29 is 8.42 Å². The van der Waals surface area contributed by atoms with Gasteiger partial charge in [-0.2, -0.15) is 0 Å². The molecule has 1 rings (SSSR count). The zero-order valence-electron chi connectivity index (χ0n) is 11.5. The summed E-state index contributed by atoms with van der Waals surface area (Å²) in [6.45, 7) is 6.64. The van der Waals surface area contributed by atoms with Gasteiger partial charge in [-0.15, -0.1) is 0 Å². The normalized spacial score (nSPS) is 11.8. The molecule has 0 spiro atoms. The first kappa shape index (κ1) is 16.3. The molecule has 0 heterocycles. The average Bonchev–Trinajstić information content (AvgIpc) is 2.28. The van der Waals surface area contributed by atoms with Crippen LogP contribution in [-0.2, 0) is 10.0 Å². The standard InChI is InChI=1S/C13H21ClN2O2S/c1-10(2)15-7-4-8-19(17,18)16-13-6-5-11(3)9-12(13)14/h5-6,9-10,15-16H,4,7-8H2,1-3H3. The third kappa shape index (κ3) is 6.27. The van der Waals surface area contributed by atoms with E-state index in [-0.39, 0.29) is 5.75 Å². The molecule has 1 aromatic rings. The van der Waals surface area contributed by atoms with Crippen molar-refractivity contribution in [3.8, 4) is 0 Å². The van der Waals surface area contributed by atoms with Gasteiger partial charge in [-0.25, -0.2) is 8.42 Å². The SMILES string of the molecule is Cc1ccc(NS(=O)(=O)CCCNC(C)C)c(Cl)c1. The Hall–Kier alpha value is -0.780. The van der Waals surface area contributed by atoms with E-state index in [1.165, 1.54) is 0 Å². The van der Waals surface area contributed by atoms with Gasteiger partial charge in [-0.05, 0) is 37.6 Å². The molecular formula is C13H21ClN2O2S. The third-order valence-corrected chi connectivity index (χ3v) is 4.20. The molecule has 0 radical (unpaired) electrons. The zero-order valence-corrected chi connectivity index (χ0v) is 13.1. The molecule has 0 aliphatic heterocycles. The molecule has 0 aliphatic rings. The number of halogens is 1. The van der Waals surface area contributed by atoms with Crippen molar-refractivity contribution in [2.24, 2.45) is 0 Å². The molecule has 2 N–H and O–H groups in total. The van der Waals surface area contributed by atoms with Crippen LogP contribution in [0.15, 0.2) is 18.2 Å². The van der Waals surface area contributed by atoms with Crippen LogP contribution in [0.4, 0.5) is 5.69 Å². The Morgan fingerprint density at radius 1 is 1.32 bits per heavy atom. The Morgan fingerprint density at radius 2 is 2.00 bits per heavy atom. The summed E-state index contributed by atoms with van der Waals surface area (Å²) in [5, 5.41) is 3.60. The van der Waals surface area contributed by atoms with Crippen LogP contribution in [0.3, 0.4) is 0 Å². The second-order valence-corrected chi connectivity index (χ2v) is 7.12. The van der Waals surface area contributed by atoms with Crippen LogP contribution in [0.2, 0.25) is 5.02 Å². The molecular weight excluding hydrogens is 284 g/mol. The molecule has 0 aromatic heterocycles. The van der Waals surface area contributed by atoms with Crippen LogP contribution in [0.5, 0.6) is 0 Å². The summed E-state index contributed by atoms with van der Waals surface area (Å²) >= 11 is 6.00. The maximum absolute atomic E-state index is 11.9. The maximum Gasteiger partial charge on any atom is 0.232 e. The quantitative estimate of drug-likeness (QED) is 0.762. The molecule has 0 unspecified atom stereocenters. The van der Waals surface area contributed by atoms with Crippen molar-refractivity contribution in [3.63, 3.8) is 0 Å². The van der Waals surface area contributed by atoms with Crippen LogP contribution < -0.4 is 10.0 Å². The Kier molecular flexibility index (Phi) is 6.10. The minimum atomic E-state index is -3.34. The predicted molar refractivity (Wildman–Crippen MR) is 81.4 cm³/mol. The van der Waals surface area contributed by atoms with E-state index >= 15 is 0 Å². The molecule has 0 amide bonds. The first-order valence-corrected chi connectivity index (χ1v) is 8.33. The van der Waals surface area contributed by atoms with Crippen molar-refractivity contribution >= 4 is 27.3 Å². The van der Waals surface area contributed by atoms with Crippen LogP contribution in [0.1, 0.15) is 25.8 Å². The fraction of sp³-hybridized carbons (Fsp3) is 0.538. The van der Waals surface area contributed by atoms with E-state index in [9.17, 15) is 8.42 Å². The molecule has 4 nitrogen and oxygen atoms in total. The highest BCUT2D eigenvalue weighted by Crippen LogP contribution is 2.23. The zero-order chi connectivity index (χ0) is 14.5. The van der Waals surface area contributed by atoms with Crippen molar-refractivity contribution in [2.45, 2.75) is 33.2 Å². The molecule has 19 heavy (non-hydrogen) atoms. The van der Waals surface area contributed by atoms with E-state index in [1.807, 2.05) is 26.8 Å². The summed E-state index contributed by atoms with van der Waals surface area (Å²) in [6.07, 6.45) is 0.566. The highest BCUT2D eigenvalue weighted by atomic mass is 35.5. The summed E-state index contributed by atoms with van der Waals surface area (Å²) in [7, 11) is -3.34. The second-order valence-electron chi connectivity index (χ2n) is 4.87. The number of sulfonamides is 1. The van der Waals surface area contributed by atoms with E-state index in [0.717, 1.165) is 5.56 Å². The second kappa shape index (κ2) is 7.12. The third-order valence-electron chi connectivity index (χ3n) is 2.53. The maximum atomic E-state index is 11.9. The van der Waals surface area contributed by atoms with Gasteiger partial charge in [0.1, 0.15) is 0 Å². The number of rotatable bonds is 7. The van der Waals surface area contributed by atoms with E-state index in [2.05, 4.69) is 10.0 Å². The van der Waals surface area contributed by atoms with E-state index in [1.54, 1.807) is 12.1 Å².